The summed E-state index contributed by atoms with van der Waals surface area (Å²) in [6.45, 7) is 0.00590. The van der Waals surface area contributed by atoms with Crippen molar-refractivity contribution < 1.29 is 9.66 Å². The molecule has 7 heteroatoms. The lowest BCUT2D eigenvalue weighted by molar-refractivity contribution is -0.384. The number of hydrogen-bond donors (Lipinski definition) is 0. The summed E-state index contributed by atoms with van der Waals surface area (Å²) in [5.41, 5.74) is 1.04. The van der Waals surface area contributed by atoms with E-state index in [0.717, 1.165) is 5.54 Å². The van der Waals surface area contributed by atoms with E-state index in [2.05, 4.69) is 0 Å². The Balaban J connectivity index is 2.86. The summed E-state index contributed by atoms with van der Waals surface area (Å²) >= 11 is 16.7. The Morgan fingerprint density at radius 1 is 1.56 bits per heavy atom. The van der Waals surface area contributed by atoms with Gasteiger partial charge in [-0.2, -0.15) is 0 Å². The molecule has 0 aliphatic carbocycles. The monoisotopic (exact) mass is 281 g/mol. The molecule has 16 heavy (non-hydrogen) atoms. The molecule has 0 radical (unpaired) electrons. The fourth-order valence-electron chi connectivity index (χ4n) is 0.894. The van der Waals surface area contributed by atoms with Gasteiger partial charge in [0.05, 0.1) is 21.0 Å². The molecule has 86 valence electrons. The Morgan fingerprint density at radius 2 is 2.25 bits per heavy atom. The summed E-state index contributed by atoms with van der Waals surface area (Å²) in [6, 6.07) is 3.89. The van der Waals surface area contributed by atoms with Crippen molar-refractivity contribution in [1.29, 1.82) is 0 Å². The first kappa shape index (κ1) is 13.1. The Morgan fingerprint density at radius 3 is 2.81 bits per heavy atom. The fourth-order valence-corrected chi connectivity index (χ4v) is 1.18. The molecule has 0 bridgehead atoms. The number of non-ortho nitro benzene ring substituents is 1. The van der Waals surface area contributed by atoms with Gasteiger partial charge in [0.1, 0.15) is 12.4 Å². The van der Waals surface area contributed by atoms with Crippen LogP contribution in [0.2, 0.25) is 5.02 Å². The molecule has 0 atom stereocenters. The van der Waals surface area contributed by atoms with E-state index < -0.39 is 4.92 Å². The Labute approximate surface area is 107 Å². The Kier molecular flexibility index (Phi) is 4.86. The molecule has 0 heterocycles. The first-order valence-electron chi connectivity index (χ1n) is 4.06. The number of nitro benzene ring substituents is 1. The quantitative estimate of drug-likeness (QED) is 0.620. The maximum atomic E-state index is 10.5. The van der Waals surface area contributed by atoms with Crippen molar-refractivity contribution in [3.8, 4) is 5.75 Å². The number of nitrogens with zero attached hydrogens (tertiary/aromatic N) is 1. The molecule has 1 aromatic rings. The van der Waals surface area contributed by atoms with Crippen molar-refractivity contribution >= 4 is 40.5 Å². The lowest BCUT2D eigenvalue weighted by atomic mass is 10.3. The van der Waals surface area contributed by atoms with E-state index in [9.17, 15) is 10.1 Å². The zero-order valence-corrected chi connectivity index (χ0v) is 10.1. The topological polar surface area (TPSA) is 52.4 Å². The van der Waals surface area contributed by atoms with E-state index in [1.807, 2.05) is 0 Å². The highest BCUT2D eigenvalue weighted by Crippen LogP contribution is 2.29. The molecule has 0 aliphatic rings. The number of ether oxygens (including phenoxy) is 1. The van der Waals surface area contributed by atoms with Crippen LogP contribution in [0.1, 0.15) is 0 Å². The minimum absolute atomic E-state index is 0.00590. The van der Waals surface area contributed by atoms with Crippen LogP contribution in [-0.4, -0.2) is 11.5 Å². The third kappa shape index (κ3) is 3.56. The third-order valence-corrected chi connectivity index (χ3v) is 2.52. The summed E-state index contributed by atoms with van der Waals surface area (Å²) in [5, 5.41) is 11.0. The number of halogens is 3. The number of hydrogen-bond acceptors (Lipinski definition) is 3. The average Bonchev–Trinajstić information content (AvgIpc) is 2.27. The van der Waals surface area contributed by atoms with Crippen molar-refractivity contribution in [2.45, 2.75) is 0 Å². The van der Waals surface area contributed by atoms with Crippen molar-refractivity contribution in [3.63, 3.8) is 0 Å². The van der Waals surface area contributed by atoms with Crippen LogP contribution in [0, 0.1) is 10.1 Å². The van der Waals surface area contributed by atoms with Crippen LogP contribution >= 0.6 is 34.8 Å². The molecule has 0 saturated carbocycles. The minimum Gasteiger partial charge on any atom is -0.486 e. The number of nitro groups is 1. The van der Waals surface area contributed by atoms with E-state index in [-0.39, 0.29) is 28.1 Å². The Bertz CT molecular complexity index is 434. The summed E-state index contributed by atoms with van der Waals surface area (Å²) < 4.78 is 5.16. The van der Waals surface area contributed by atoms with Gasteiger partial charge in [0, 0.05) is 11.6 Å². The maximum absolute atomic E-state index is 10.5. The molecular formula is C9H6Cl3NO3. The van der Waals surface area contributed by atoms with Crippen LogP contribution in [-0.2, 0) is 0 Å². The van der Waals surface area contributed by atoms with Gasteiger partial charge in [-0.1, -0.05) is 34.8 Å². The standard InChI is InChI=1S/C9H6Cl3NO3/c10-4-6(11)5-16-9-3-7(13(14)15)1-2-8(9)12/h1-4H,5H2. The zero-order chi connectivity index (χ0) is 12.1. The Hall–Kier alpha value is -0.970. The van der Waals surface area contributed by atoms with Crippen molar-refractivity contribution in [3.05, 3.63) is 43.9 Å². The second-order valence-electron chi connectivity index (χ2n) is 2.72. The van der Waals surface area contributed by atoms with Gasteiger partial charge in [0.15, 0.2) is 0 Å². The summed E-state index contributed by atoms with van der Waals surface area (Å²) in [4.78, 5) is 9.97. The SMILES string of the molecule is O=[N+]([O-])c1ccc(Cl)c(OCC(Cl)=CCl)c1. The molecule has 0 saturated heterocycles. The second-order valence-corrected chi connectivity index (χ2v) is 3.83. The van der Waals surface area contributed by atoms with E-state index >= 15 is 0 Å². The highest BCUT2D eigenvalue weighted by molar-refractivity contribution is 6.36. The van der Waals surface area contributed by atoms with Gasteiger partial charge in [-0.15, -0.1) is 0 Å². The molecule has 0 spiro atoms. The van der Waals surface area contributed by atoms with Gasteiger partial charge >= 0.3 is 0 Å². The third-order valence-electron chi connectivity index (χ3n) is 1.61. The highest BCUT2D eigenvalue weighted by Gasteiger charge is 2.10. The van der Waals surface area contributed by atoms with E-state index in [1.54, 1.807) is 0 Å². The molecule has 0 aromatic heterocycles. The van der Waals surface area contributed by atoms with E-state index in [4.69, 9.17) is 39.5 Å². The van der Waals surface area contributed by atoms with Gasteiger partial charge < -0.3 is 4.74 Å². The summed E-state index contributed by atoms with van der Waals surface area (Å²) in [5.74, 6) is 0.188. The smallest absolute Gasteiger partial charge is 0.273 e. The van der Waals surface area contributed by atoms with Gasteiger partial charge in [-0.3, -0.25) is 10.1 Å². The molecule has 1 aromatic carbocycles. The highest BCUT2D eigenvalue weighted by atomic mass is 35.5. The average molecular weight is 283 g/mol. The number of benzene rings is 1. The largest absolute Gasteiger partial charge is 0.486 e. The van der Waals surface area contributed by atoms with Crippen molar-refractivity contribution in [1.82, 2.24) is 0 Å². The molecule has 0 fully saturated rings. The molecule has 0 aliphatic heterocycles. The van der Waals surface area contributed by atoms with Gasteiger partial charge in [-0.25, -0.2) is 0 Å². The van der Waals surface area contributed by atoms with Gasteiger partial charge in [0.25, 0.3) is 5.69 Å². The molecular weight excluding hydrogens is 276 g/mol. The zero-order valence-electron chi connectivity index (χ0n) is 7.82. The predicted molar refractivity (Wildman–Crippen MR) is 63.4 cm³/mol. The fraction of sp³-hybridized carbons (Fsp3) is 0.111. The number of rotatable bonds is 4. The van der Waals surface area contributed by atoms with Crippen molar-refractivity contribution in [2.24, 2.45) is 0 Å². The van der Waals surface area contributed by atoms with Crippen LogP contribution in [0.5, 0.6) is 5.75 Å². The molecule has 0 N–H and O–H groups in total. The first-order chi connectivity index (χ1) is 7.54. The van der Waals surface area contributed by atoms with Crippen LogP contribution in [0.3, 0.4) is 0 Å². The van der Waals surface area contributed by atoms with E-state index in [0.29, 0.717) is 0 Å². The minimum atomic E-state index is -0.539. The van der Waals surface area contributed by atoms with Crippen molar-refractivity contribution in [2.75, 3.05) is 6.61 Å². The first-order valence-corrected chi connectivity index (χ1v) is 5.25. The second kappa shape index (κ2) is 5.94. The van der Waals surface area contributed by atoms with Gasteiger partial charge in [0.2, 0.25) is 0 Å². The lowest BCUT2D eigenvalue weighted by Crippen LogP contribution is -1.98. The van der Waals surface area contributed by atoms with Gasteiger partial charge in [-0.05, 0) is 6.07 Å². The molecule has 4 nitrogen and oxygen atoms in total. The molecule has 0 amide bonds. The maximum Gasteiger partial charge on any atom is 0.273 e. The predicted octanol–water partition coefficient (Wildman–Crippen LogP) is 3.95. The summed E-state index contributed by atoms with van der Waals surface area (Å²) in [7, 11) is 0. The van der Waals surface area contributed by atoms with Crippen LogP contribution < -0.4 is 4.74 Å². The van der Waals surface area contributed by atoms with Crippen LogP contribution in [0.15, 0.2) is 28.8 Å². The van der Waals surface area contributed by atoms with Crippen LogP contribution in [0.4, 0.5) is 5.69 Å². The lowest BCUT2D eigenvalue weighted by Gasteiger charge is -2.06. The normalized spacial score (nSPS) is 11.3. The summed E-state index contributed by atoms with van der Waals surface area (Å²) in [6.07, 6.45) is 0. The van der Waals surface area contributed by atoms with E-state index in [1.165, 1.54) is 18.2 Å². The molecule has 1 rings (SSSR count). The molecule has 0 unspecified atom stereocenters. The van der Waals surface area contributed by atoms with Crippen LogP contribution in [0.25, 0.3) is 0 Å².